The van der Waals surface area contributed by atoms with Crippen LogP contribution in [0.5, 0.6) is 5.75 Å². The summed E-state index contributed by atoms with van der Waals surface area (Å²) in [6, 6.07) is 8.15. The number of benzene rings is 1. The molecule has 1 saturated carbocycles. The molecule has 3 rings (SSSR count). The van der Waals surface area contributed by atoms with Crippen molar-refractivity contribution in [3.63, 3.8) is 0 Å². The Morgan fingerprint density at radius 3 is 2.75 bits per heavy atom. The van der Waals surface area contributed by atoms with E-state index in [2.05, 4.69) is 20.8 Å². The van der Waals surface area contributed by atoms with Crippen LogP contribution in [-0.4, -0.2) is 33.2 Å². The number of tetrazole rings is 1. The third-order valence-corrected chi connectivity index (χ3v) is 4.48. The first-order valence-electron chi connectivity index (χ1n) is 8.42. The van der Waals surface area contributed by atoms with E-state index >= 15 is 0 Å². The summed E-state index contributed by atoms with van der Waals surface area (Å²) in [5.41, 5.74) is 1.11. The van der Waals surface area contributed by atoms with Crippen molar-refractivity contribution in [3.8, 4) is 5.75 Å². The fraction of sp³-hybridized carbons (Fsp3) is 0.529. The summed E-state index contributed by atoms with van der Waals surface area (Å²) < 4.78 is 7.00. The molecule has 0 atom stereocenters. The molecule has 7 heteroatoms. The zero-order valence-electron chi connectivity index (χ0n) is 13.9. The molecule has 1 fully saturated rings. The summed E-state index contributed by atoms with van der Waals surface area (Å²) in [5, 5.41) is 14.8. The topological polar surface area (TPSA) is 81.9 Å². The number of rotatable bonds is 7. The zero-order valence-corrected chi connectivity index (χ0v) is 13.9. The molecule has 0 aliphatic heterocycles. The lowest BCUT2D eigenvalue weighted by Crippen LogP contribution is -2.25. The average molecular weight is 329 g/mol. The minimum Gasteiger partial charge on any atom is -0.497 e. The number of hydrogen-bond donors (Lipinski definition) is 1. The maximum absolute atomic E-state index is 12.1. The molecule has 0 bridgehead atoms. The molecule has 0 radical (unpaired) electrons. The van der Waals surface area contributed by atoms with Crippen LogP contribution in [0.1, 0.15) is 49.5 Å². The number of ether oxygens (including phenoxy) is 1. The summed E-state index contributed by atoms with van der Waals surface area (Å²) in [6.07, 6.45) is 5.81. The molecule has 1 N–H and O–H groups in total. The molecule has 24 heavy (non-hydrogen) atoms. The summed E-state index contributed by atoms with van der Waals surface area (Å²) in [4.78, 5) is 12.1. The van der Waals surface area contributed by atoms with Crippen molar-refractivity contribution in [1.82, 2.24) is 25.5 Å². The maximum atomic E-state index is 12.1. The Hall–Kier alpha value is -2.44. The summed E-state index contributed by atoms with van der Waals surface area (Å²) >= 11 is 0. The molecule has 0 unspecified atom stereocenters. The molecule has 128 valence electrons. The molecule has 1 aromatic carbocycles. The monoisotopic (exact) mass is 329 g/mol. The van der Waals surface area contributed by atoms with Crippen molar-refractivity contribution in [3.05, 3.63) is 35.7 Å². The summed E-state index contributed by atoms with van der Waals surface area (Å²) in [7, 11) is 1.64. The lowest BCUT2D eigenvalue weighted by molar-refractivity contribution is -0.121. The summed E-state index contributed by atoms with van der Waals surface area (Å²) in [5.74, 6) is 1.56. The molecule has 1 heterocycles. The number of aromatic nitrogens is 4. The number of amides is 1. The van der Waals surface area contributed by atoms with Crippen molar-refractivity contribution in [2.45, 2.75) is 51.1 Å². The Morgan fingerprint density at radius 2 is 2.04 bits per heavy atom. The summed E-state index contributed by atoms with van der Waals surface area (Å²) in [6.45, 7) is 0.380. The highest BCUT2D eigenvalue weighted by Gasteiger charge is 2.21. The molecule has 0 saturated heterocycles. The highest BCUT2D eigenvalue weighted by molar-refractivity contribution is 5.76. The SMILES string of the molecule is COc1ccc(CCC(=O)NCc2nnnn2C2CCCC2)cc1. The van der Waals surface area contributed by atoms with E-state index in [-0.39, 0.29) is 5.91 Å². The Morgan fingerprint density at radius 1 is 1.29 bits per heavy atom. The van der Waals surface area contributed by atoms with Gasteiger partial charge in [0.05, 0.1) is 19.7 Å². The third kappa shape index (κ3) is 4.10. The molecule has 2 aromatic rings. The number of aryl methyl sites for hydroxylation is 1. The number of nitrogens with zero attached hydrogens (tertiary/aromatic N) is 4. The lowest BCUT2D eigenvalue weighted by Gasteiger charge is -2.11. The zero-order chi connectivity index (χ0) is 16.8. The molecule has 1 aliphatic carbocycles. The molecule has 1 amide bonds. The minimum absolute atomic E-state index is 0.00629. The largest absolute Gasteiger partial charge is 0.497 e. The van der Waals surface area contributed by atoms with Crippen molar-refractivity contribution >= 4 is 5.91 Å². The first-order valence-corrected chi connectivity index (χ1v) is 8.42. The standard InChI is InChI=1S/C17H23N5O2/c1-24-15-9-6-13(7-10-15)8-11-17(23)18-12-16-19-20-21-22(16)14-4-2-3-5-14/h6-7,9-10,14H,2-5,8,11-12H2,1H3,(H,18,23). The average Bonchev–Trinajstić information content (AvgIpc) is 3.29. The van der Waals surface area contributed by atoms with E-state index in [0.29, 0.717) is 25.4 Å². The Bertz CT molecular complexity index is 662. The molecule has 0 spiro atoms. The fourth-order valence-corrected chi connectivity index (χ4v) is 3.08. The van der Waals surface area contributed by atoms with Crippen LogP contribution in [0.25, 0.3) is 0 Å². The van der Waals surface area contributed by atoms with E-state index in [0.717, 1.165) is 30.0 Å². The van der Waals surface area contributed by atoms with Crippen molar-refractivity contribution in [2.24, 2.45) is 0 Å². The van der Waals surface area contributed by atoms with Gasteiger partial charge in [0.15, 0.2) is 5.82 Å². The molecule has 1 aliphatic rings. The predicted octanol–water partition coefficient (Wildman–Crippen LogP) is 2.05. The number of methoxy groups -OCH3 is 1. The number of nitrogens with one attached hydrogen (secondary N) is 1. The lowest BCUT2D eigenvalue weighted by atomic mass is 10.1. The quantitative estimate of drug-likeness (QED) is 0.840. The van der Waals surface area contributed by atoms with Crippen molar-refractivity contribution in [1.29, 1.82) is 0 Å². The van der Waals surface area contributed by atoms with Gasteiger partial charge in [-0.1, -0.05) is 25.0 Å². The van der Waals surface area contributed by atoms with Gasteiger partial charge >= 0.3 is 0 Å². The van der Waals surface area contributed by atoms with Crippen LogP contribution in [0.3, 0.4) is 0 Å². The van der Waals surface area contributed by atoms with Gasteiger partial charge in [-0.25, -0.2) is 4.68 Å². The van der Waals surface area contributed by atoms with Gasteiger partial charge in [0.25, 0.3) is 0 Å². The van der Waals surface area contributed by atoms with E-state index < -0.39 is 0 Å². The predicted molar refractivity (Wildman–Crippen MR) is 88.5 cm³/mol. The smallest absolute Gasteiger partial charge is 0.220 e. The van der Waals surface area contributed by atoms with Crippen LogP contribution in [0, 0.1) is 0 Å². The second-order valence-corrected chi connectivity index (χ2v) is 6.10. The fourth-order valence-electron chi connectivity index (χ4n) is 3.08. The minimum atomic E-state index is 0.00629. The van der Waals surface area contributed by atoms with Crippen LogP contribution in [0.2, 0.25) is 0 Å². The van der Waals surface area contributed by atoms with Gasteiger partial charge in [0.1, 0.15) is 5.75 Å². The van der Waals surface area contributed by atoms with E-state index in [1.165, 1.54) is 12.8 Å². The first-order chi connectivity index (χ1) is 11.8. The number of carbonyl (C=O) groups excluding carboxylic acids is 1. The van der Waals surface area contributed by atoms with Crippen LogP contribution in [-0.2, 0) is 17.8 Å². The van der Waals surface area contributed by atoms with Crippen LogP contribution in [0.15, 0.2) is 24.3 Å². The third-order valence-electron chi connectivity index (χ3n) is 4.48. The number of carbonyl (C=O) groups is 1. The van der Waals surface area contributed by atoms with E-state index in [1.54, 1.807) is 7.11 Å². The van der Waals surface area contributed by atoms with Crippen LogP contribution in [0.4, 0.5) is 0 Å². The Balaban J connectivity index is 1.46. The highest BCUT2D eigenvalue weighted by Crippen LogP contribution is 2.28. The van der Waals surface area contributed by atoms with Gasteiger partial charge in [-0.15, -0.1) is 5.10 Å². The van der Waals surface area contributed by atoms with Gasteiger partial charge in [-0.3, -0.25) is 4.79 Å². The van der Waals surface area contributed by atoms with Crippen molar-refractivity contribution in [2.75, 3.05) is 7.11 Å². The second-order valence-electron chi connectivity index (χ2n) is 6.10. The highest BCUT2D eigenvalue weighted by atomic mass is 16.5. The molecule has 7 nitrogen and oxygen atoms in total. The first kappa shape index (κ1) is 16.4. The number of hydrogen-bond acceptors (Lipinski definition) is 5. The van der Waals surface area contributed by atoms with Gasteiger partial charge in [0.2, 0.25) is 5.91 Å². The van der Waals surface area contributed by atoms with Gasteiger partial charge in [0, 0.05) is 6.42 Å². The van der Waals surface area contributed by atoms with Gasteiger partial charge in [-0.05, 0) is 47.4 Å². The Labute approximate surface area is 141 Å². The van der Waals surface area contributed by atoms with Gasteiger partial charge in [-0.2, -0.15) is 0 Å². The molecular formula is C17H23N5O2. The molecular weight excluding hydrogens is 306 g/mol. The molecule has 1 aromatic heterocycles. The van der Waals surface area contributed by atoms with E-state index in [1.807, 2.05) is 28.9 Å². The second kappa shape index (κ2) is 7.90. The van der Waals surface area contributed by atoms with Crippen molar-refractivity contribution < 1.29 is 9.53 Å². The van der Waals surface area contributed by atoms with E-state index in [9.17, 15) is 4.79 Å². The maximum Gasteiger partial charge on any atom is 0.220 e. The van der Waals surface area contributed by atoms with E-state index in [4.69, 9.17) is 4.74 Å². The van der Waals surface area contributed by atoms with Crippen LogP contribution < -0.4 is 10.1 Å². The normalized spacial score (nSPS) is 14.7. The van der Waals surface area contributed by atoms with Crippen LogP contribution >= 0.6 is 0 Å². The van der Waals surface area contributed by atoms with Gasteiger partial charge < -0.3 is 10.1 Å². The Kier molecular flexibility index (Phi) is 5.40.